The minimum atomic E-state index is -0.215. The van der Waals surface area contributed by atoms with Gasteiger partial charge in [-0.3, -0.25) is 4.79 Å². The third-order valence-electron chi connectivity index (χ3n) is 4.70. The number of aromatic nitrogens is 2. The second kappa shape index (κ2) is 9.67. The predicted molar refractivity (Wildman–Crippen MR) is 125 cm³/mol. The van der Waals surface area contributed by atoms with Crippen molar-refractivity contribution in [3.8, 4) is 11.5 Å². The van der Waals surface area contributed by atoms with Crippen molar-refractivity contribution >= 4 is 51.2 Å². The van der Waals surface area contributed by atoms with Gasteiger partial charge in [-0.05, 0) is 29.1 Å². The molecule has 3 aromatic rings. The molecule has 162 valence electrons. The van der Waals surface area contributed by atoms with E-state index in [0.717, 1.165) is 25.6 Å². The molecule has 2 aromatic heterocycles. The van der Waals surface area contributed by atoms with Crippen molar-refractivity contribution in [1.29, 1.82) is 0 Å². The number of thioether (sulfide) groups is 1. The van der Waals surface area contributed by atoms with Gasteiger partial charge in [-0.15, -0.1) is 21.5 Å². The molecule has 11 heteroatoms. The summed E-state index contributed by atoms with van der Waals surface area (Å²) in [6.07, 6.45) is 0.634. The van der Waals surface area contributed by atoms with Gasteiger partial charge in [-0.1, -0.05) is 35.2 Å². The van der Waals surface area contributed by atoms with Crippen molar-refractivity contribution in [2.24, 2.45) is 5.10 Å². The SMILES string of the molecule is CNc1nnc(SCC(=O)N2N=C(c3cccs3)C[C@H]2c2ccc(OC)c(OC)c2)s1. The molecule has 8 nitrogen and oxygen atoms in total. The average molecular weight is 476 g/mol. The Hall–Kier alpha value is -2.63. The fourth-order valence-electron chi connectivity index (χ4n) is 3.21. The molecule has 1 N–H and O–H groups in total. The maximum absolute atomic E-state index is 13.2. The van der Waals surface area contributed by atoms with Gasteiger partial charge in [0.15, 0.2) is 15.8 Å². The van der Waals surface area contributed by atoms with Crippen molar-refractivity contribution in [3.05, 3.63) is 46.2 Å². The number of hydrazone groups is 1. The normalized spacial score (nSPS) is 15.6. The molecule has 0 saturated heterocycles. The molecule has 0 bridgehead atoms. The molecule has 1 aliphatic rings. The molecular weight excluding hydrogens is 454 g/mol. The van der Waals surface area contributed by atoms with E-state index >= 15 is 0 Å². The van der Waals surface area contributed by atoms with E-state index in [1.165, 1.54) is 23.1 Å². The number of carbonyl (C=O) groups is 1. The van der Waals surface area contributed by atoms with Crippen molar-refractivity contribution in [2.45, 2.75) is 16.8 Å². The Labute approximate surface area is 192 Å². The Morgan fingerprint density at radius 2 is 2.10 bits per heavy atom. The third kappa shape index (κ3) is 4.68. The fourth-order valence-corrected chi connectivity index (χ4v) is 5.49. The molecule has 0 aliphatic carbocycles. The first-order valence-electron chi connectivity index (χ1n) is 9.42. The number of hydrogen-bond acceptors (Lipinski definition) is 10. The highest BCUT2D eigenvalue weighted by Gasteiger charge is 2.34. The van der Waals surface area contributed by atoms with Gasteiger partial charge in [0, 0.05) is 13.5 Å². The first-order chi connectivity index (χ1) is 15.1. The number of thiophene rings is 1. The largest absolute Gasteiger partial charge is 0.493 e. The number of nitrogens with zero attached hydrogens (tertiary/aromatic N) is 4. The van der Waals surface area contributed by atoms with E-state index in [4.69, 9.17) is 14.6 Å². The van der Waals surface area contributed by atoms with Crippen molar-refractivity contribution in [2.75, 3.05) is 32.3 Å². The summed E-state index contributed by atoms with van der Waals surface area (Å²) >= 11 is 4.40. The number of benzene rings is 1. The molecule has 0 fully saturated rings. The van der Waals surface area contributed by atoms with Crippen molar-refractivity contribution < 1.29 is 14.3 Å². The maximum Gasteiger partial charge on any atom is 0.253 e. The summed E-state index contributed by atoms with van der Waals surface area (Å²) in [6, 6.07) is 9.52. The minimum absolute atomic E-state index is 0.0856. The number of ether oxygens (including phenoxy) is 2. The lowest BCUT2D eigenvalue weighted by molar-refractivity contribution is -0.130. The van der Waals surface area contributed by atoms with Gasteiger partial charge in [-0.25, -0.2) is 5.01 Å². The van der Waals surface area contributed by atoms with Crippen LogP contribution in [0.15, 0.2) is 45.2 Å². The lowest BCUT2D eigenvalue weighted by Crippen LogP contribution is -2.28. The molecule has 3 heterocycles. The third-order valence-corrected chi connectivity index (χ3v) is 7.68. The second-order valence-corrected chi connectivity index (χ2v) is 9.66. The van der Waals surface area contributed by atoms with Gasteiger partial charge < -0.3 is 14.8 Å². The quantitative estimate of drug-likeness (QED) is 0.490. The molecule has 1 aromatic carbocycles. The summed E-state index contributed by atoms with van der Waals surface area (Å²) in [5.41, 5.74) is 1.85. The number of amides is 1. The van der Waals surface area contributed by atoms with E-state index in [0.29, 0.717) is 17.9 Å². The van der Waals surface area contributed by atoms with Gasteiger partial charge >= 0.3 is 0 Å². The molecule has 1 atom stereocenters. The lowest BCUT2D eigenvalue weighted by Gasteiger charge is -2.22. The molecule has 1 aliphatic heterocycles. The van der Waals surface area contributed by atoms with Crippen LogP contribution in [0, 0.1) is 0 Å². The Balaban J connectivity index is 1.58. The van der Waals surface area contributed by atoms with Crippen LogP contribution in [-0.4, -0.2) is 53.8 Å². The van der Waals surface area contributed by atoms with Crippen LogP contribution in [0.2, 0.25) is 0 Å². The monoisotopic (exact) mass is 475 g/mol. The predicted octanol–water partition coefficient (Wildman–Crippen LogP) is 4.13. The summed E-state index contributed by atoms with van der Waals surface area (Å²) in [6.45, 7) is 0. The van der Waals surface area contributed by atoms with Crippen LogP contribution in [0.25, 0.3) is 0 Å². The molecule has 0 unspecified atom stereocenters. The maximum atomic E-state index is 13.2. The van der Waals surface area contributed by atoms with Crippen LogP contribution in [0.5, 0.6) is 11.5 Å². The van der Waals surface area contributed by atoms with Gasteiger partial charge in [0.2, 0.25) is 5.13 Å². The molecule has 0 saturated carbocycles. The molecule has 0 spiro atoms. The van der Waals surface area contributed by atoms with E-state index in [1.807, 2.05) is 35.7 Å². The zero-order chi connectivity index (χ0) is 21.8. The minimum Gasteiger partial charge on any atom is -0.493 e. The summed E-state index contributed by atoms with van der Waals surface area (Å²) in [7, 11) is 4.99. The highest BCUT2D eigenvalue weighted by molar-refractivity contribution is 8.01. The van der Waals surface area contributed by atoms with Crippen LogP contribution in [0.4, 0.5) is 5.13 Å². The fraction of sp³-hybridized carbons (Fsp3) is 0.300. The van der Waals surface area contributed by atoms with Crippen molar-refractivity contribution in [3.63, 3.8) is 0 Å². The summed E-state index contributed by atoms with van der Waals surface area (Å²) < 4.78 is 11.6. The number of anilines is 1. The number of methoxy groups -OCH3 is 2. The Bertz CT molecular complexity index is 1080. The van der Waals surface area contributed by atoms with E-state index in [9.17, 15) is 4.79 Å². The first kappa shape index (κ1) is 21.6. The molecule has 31 heavy (non-hydrogen) atoms. The van der Waals surface area contributed by atoms with E-state index < -0.39 is 0 Å². The van der Waals surface area contributed by atoms with Crippen LogP contribution in [-0.2, 0) is 4.79 Å². The smallest absolute Gasteiger partial charge is 0.253 e. The van der Waals surface area contributed by atoms with Gasteiger partial charge in [0.25, 0.3) is 5.91 Å². The number of hydrogen-bond donors (Lipinski definition) is 1. The topological polar surface area (TPSA) is 88.9 Å². The average Bonchev–Trinajstić information content (AvgIpc) is 3.56. The number of carbonyl (C=O) groups excluding carboxylic acids is 1. The number of rotatable bonds is 8. The summed E-state index contributed by atoms with van der Waals surface area (Å²) in [5, 5.41) is 20.1. The van der Waals surface area contributed by atoms with E-state index in [1.54, 1.807) is 37.6 Å². The first-order valence-corrected chi connectivity index (χ1v) is 12.1. The molecule has 4 rings (SSSR count). The highest BCUT2D eigenvalue weighted by Crippen LogP contribution is 2.38. The van der Waals surface area contributed by atoms with Crippen molar-refractivity contribution in [1.82, 2.24) is 15.2 Å². The highest BCUT2D eigenvalue weighted by atomic mass is 32.2. The molecule has 0 radical (unpaired) electrons. The summed E-state index contributed by atoms with van der Waals surface area (Å²) in [4.78, 5) is 14.2. The van der Waals surface area contributed by atoms with Gasteiger partial charge in [-0.2, -0.15) is 5.10 Å². The van der Waals surface area contributed by atoms with Crippen LogP contribution in [0.1, 0.15) is 22.9 Å². The zero-order valence-electron chi connectivity index (χ0n) is 17.2. The molecular formula is C20H21N5O3S3. The second-order valence-electron chi connectivity index (χ2n) is 6.51. The summed E-state index contributed by atoms with van der Waals surface area (Å²) in [5.74, 6) is 1.41. The number of nitrogens with one attached hydrogen (secondary N) is 1. The lowest BCUT2D eigenvalue weighted by atomic mass is 10.0. The van der Waals surface area contributed by atoms with Gasteiger partial charge in [0.1, 0.15) is 0 Å². The Kier molecular flexibility index (Phi) is 6.73. The van der Waals surface area contributed by atoms with Crippen LogP contribution in [0.3, 0.4) is 0 Å². The van der Waals surface area contributed by atoms with Crippen LogP contribution >= 0.6 is 34.4 Å². The standard InChI is InChI=1S/C20H21N5O3S3/c1-21-19-22-23-20(31-19)30-11-18(26)25-14(10-13(24-25)17-5-4-8-29-17)12-6-7-15(27-2)16(9-12)28-3/h4-9,14H,10-11H2,1-3H3,(H,21,22)/t14-/m0/s1. The van der Waals surface area contributed by atoms with E-state index in [2.05, 4.69) is 15.5 Å². The zero-order valence-corrected chi connectivity index (χ0v) is 19.6. The van der Waals surface area contributed by atoms with Gasteiger partial charge in [0.05, 0.1) is 36.6 Å². The Morgan fingerprint density at radius 1 is 1.26 bits per heavy atom. The van der Waals surface area contributed by atoms with Crippen LogP contribution < -0.4 is 14.8 Å². The van der Waals surface area contributed by atoms with E-state index in [-0.39, 0.29) is 17.7 Å². The Morgan fingerprint density at radius 3 is 2.77 bits per heavy atom. The molecule has 1 amide bonds.